The first-order valence-electron chi connectivity index (χ1n) is 6.98. The molecule has 2 aromatic carbocycles. The van der Waals surface area contributed by atoms with Crippen molar-refractivity contribution >= 4 is 33.4 Å². The van der Waals surface area contributed by atoms with E-state index in [1.165, 1.54) is 0 Å². The lowest BCUT2D eigenvalue weighted by Gasteiger charge is -2.08. The SMILES string of the molecule is CC(=O)c1cc2c(c(C)c(C)n2C(C)=O)c2ccccc12. The molecule has 1 heterocycles. The van der Waals surface area contributed by atoms with Gasteiger partial charge in [-0.25, -0.2) is 0 Å². The second-order valence-corrected chi connectivity index (χ2v) is 5.48. The summed E-state index contributed by atoms with van der Waals surface area (Å²) in [5, 5.41) is 3.03. The summed E-state index contributed by atoms with van der Waals surface area (Å²) in [6.07, 6.45) is 0. The number of rotatable bonds is 1. The molecular weight excluding hydrogens is 262 g/mol. The molecule has 3 nitrogen and oxygen atoms in total. The summed E-state index contributed by atoms with van der Waals surface area (Å²) in [6.45, 7) is 7.08. The van der Waals surface area contributed by atoms with E-state index in [2.05, 4.69) is 0 Å². The zero-order valence-corrected chi connectivity index (χ0v) is 12.7. The lowest BCUT2D eigenvalue weighted by Crippen LogP contribution is -2.07. The molecule has 0 spiro atoms. The van der Waals surface area contributed by atoms with Gasteiger partial charge in [0.05, 0.1) is 5.52 Å². The highest BCUT2D eigenvalue weighted by atomic mass is 16.1. The van der Waals surface area contributed by atoms with Gasteiger partial charge in [-0.2, -0.15) is 0 Å². The van der Waals surface area contributed by atoms with Gasteiger partial charge in [0, 0.05) is 23.6 Å². The monoisotopic (exact) mass is 279 g/mol. The van der Waals surface area contributed by atoms with Gasteiger partial charge < -0.3 is 0 Å². The maximum Gasteiger partial charge on any atom is 0.228 e. The lowest BCUT2D eigenvalue weighted by molar-refractivity contribution is 0.0938. The fraction of sp³-hybridized carbons (Fsp3) is 0.222. The Bertz CT molecular complexity index is 916. The molecule has 3 rings (SSSR count). The highest BCUT2D eigenvalue weighted by Crippen LogP contribution is 2.34. The Morgan fingerprint density at radius 3 is 2.19 bits per heavy atom. The predicted octanol–water partition coefficient (Wildman–Crippen LogP) is 4.27. The van der Waals surface area contributed by atoms with E-state index < -0.39 is 0 Å². The highest BCUT2D eigenvalue weighted by Gasteiger charge is 2.19. The van der Waals surface area contributed by atoms with E-state index in [1.807, 2.05) is 44.2 Å². The molecule has 1 aromatic heterocycles. The first-order chi connectivity index (χ1) is 9.93. The Morgan fingerprint density at radius 2 is 1.62 bits per heavy atom. The third kappa shape index (κ3) is 1.81. The summed E-state index contributed by atoms with van der Waals surface area (Å²) in [4.78, 5) is 24.0. The Balaban J connectivity index is 2.65. The van der Waals surface area contributed by atoms with E-state index in [-0.39, 0.29) is 11.7 Å². The molecule has 0 atom stereocenters. The molecule has 0 aliphatic heterocycles. The molecular formula is C18H17NO2. The van der Waals surface area contributed by atoms with Gasteiger partial charge in [-0.05, 0) is 43.2 Å². The molecule has 0 saturated carbocycles. The molecule has 0 aliphatic rings. The van der Waals surface area contributed by atoms with Gasteiger partial charge in [0.1, 0.15) is 0 Å². The van der Waals surface area contributed by atoms with Crippen molar-refractivity contribution in [3.8, 4) is 0 Å². The smallest absolute Gasteiger partial charge is 0.228 e. The molecule has 0 bridgehead atoms. The minimum atomic E-state index is -0.0321. The fourth-order valence-corrected chi connectivity index (χ4v) is 3.16. The largest absolute Gasteiger partial charge is 0.294 e. The van der Waals surface area contributed by atoms with Crippen molar-refractivity contribution < 1.29 is 9.59 Å². The number of fused-ring (bicyclic) bond motifs is 3. The number of Topliss-reactive ketones (excluding diaryl/α,β-unsaturated/α-hetero) is 1. The third-order valence-electron chi connectivity index (χ3n) is 4.21. The molecule has 0 radical (unpaired) electrons. The van der Waals surface area contributed by atoms with Crippen LogP contribution >= 0.6 is 0 Å². The molecule has 0 saturated heterocycles. The van der Waals surface area contributed by atoms with Crippen LogP contribution in [0.3, 0.4) is 0 Å². The number of carbonyl (C=O) groups is 2. The Labute approximate surface area is 123 Å². The molecule has 0 amide bonds. The normalized spacial score (nSPS) is 11.2. The number of ketones is 1. The van der Waals surface area contributed by atoms with Crippen LogP contribution in [0.25, 0.3) is 21.7 Å². The maximum atomic E-state index is 12.0. The van der Waals surface area contributed by atoms with E-state index in [0.29, 0.717) is 5.56 Å². The van der Waals surface area contributed by atoms with Crippen molar-refractivity contribution in [1.82, 2.24) is 4.57 Å². The van der Waals surface area contributed by atoms with Crippen molar-refractivity contribution in [2.75, 3.05) is 0 Å². The third-order valence-corrected chi connectivity index (χ3v) is 4.21. The number of aryl methyl sites for hydroxylation is 1. The lowest BCUT2D eigenvalue weighted by atomic mass is 9.97. The Hall–Kier alpha value is -2.42. The van der Waals surface area contributed by atoms with Crippen LogP contribution in [-0.2, 0) is 0 Å². The fourth-order valence-electron chi connectivity index (χ4n) is 3.16. The van der Waals surface area contributed by atoms with Gasteiger partial charge in [0.25, 0.3) is 0 Å². The van der Waals surface area contributed by atoms with Crippen LogP contribution in [0.5, 0.6) is 0 Å². The van der Waals surface area contributed by atoms with Crippen LogP contribution in [0, 0.1) is 13.8 Å². The van der Waals surface area contributed by atoms with Gasteiger partial charge in [0.2, 0.25) is 5.91 Å². The summed E-state index contributed by atoms with van der Waals surface area (Å²) >= 11 is 0. The van der Waals surface area contributed by atoms with Crippen LogP contribution in [0.15, 0.2) is 30.3 Å². The number of carbonyl (C=O) groups excluding carboxylic acids is 2. The standard InChI is InChI=1S/C18H17NO2/c1-10-11(2)19(13(4)21)17-9-16(12(3)20)14-7-5-6-8-15(14)18(10)17/h5-9H,1-4H3. The molecule has 0 aliphatic carbocycles. The van der Waals surface area contributed by atoms with E-state index in [1.54, 1.807) is 18.4 Å². The quantitative estimate of drug-likeness (QED) is 0.624. The summed E-state index contributed by atoms with van der Waals surface area (Å²) < 4.78 is 1.70. The van der Waals surface area contributed by atoms with Gasteiger partial charge in [-0.1, -0.05) is 24.3 Å². The van der Waals surface area contributed by atoms with Crippen molar-refractivity contribution in [3.63, 3.8) is 0 Å². The molecule has 3 heteroatoms. The summed E-state index contributed by atoms with van der Waals surface area (Å²) in [6, 6.07) is 9.73. The van der Waals surface area contributed by atoms with Crippen LogP contribution in [0.1, 0.15) is 40.3 Å². The topological polar surface area (TPSA) is 39.1 Å². The van der Waals surface area contributed by atoms with Crippen molar-refractivity contribution in [2.45, 2.75) is 27.7 Å². The molecule has 21 heavy (non-hydrogen) atoms. The summed E-state index contributed by atoms with van der Waals surface area (Å²) in [5.41, 5.74) is 3.51. The maximum absolute atomic E-state index is 12.0. The average Bonchev–Trinajstić information content (AvgIpc) is 2.70. The first-order valence-corrected chi connectivity index (χ1v) is 6.98. The van der Waals surface area contributed by atoms with Crippen LogP contribution in [0.2, 0.25) is 0 Å². The molecule has 0 fully saturated rings. The van der Waals surface area contributed by atoms with Crippen LogP contribution < -0.4 is 0 Å². The van der Waals surface area contributed by atoms with E-state index in [0.717, 1.165) is 32.9 Å². The van der Waals surface area contributed by atoms with Crippen LogP contribution in [-0.4, -0.2) is 16.3 Å². The molecule has 0 unspecified atom stereocenters. The Morgan fingerprint density at radius 1 is 1.00 bits per heavy atom. The molecule has 0 N–H and O–H groups in total. The van der Waals surface area contributed by atoms with Crippen molar-refractivity contribution in [1.29, 1.82) is 0 Å². The van der Waals surface area contributed by atoms with Gasteiger partial charge in [0.15, 0.2) is 5.78 Å². The minimum Gasteiger partial charge on any atom is -0.294 e. The minimum absolute atomic E-state index is 0.0136. The van der Waals surface area contributed by atoms with Gasteiger partial charge >= 0.3 is 0 Å². The number of hydrogen-bond donors (Lipinski definition) is 0. The summed E-state index contributed by atoms with van der Waals surface area (Å²) in [7, 11) is 0. The Kier molecular flexibility index (Phi) is 2.94. The van der Waals surface area contributed by atoms with Crippen molar-refractivity contribution in [3.05, 3.63) is 47.2 Å². The highest BCUT2D eigenvalue weighted by molar-refractivity contribution is 6.18. The zero-order chi connectivity index (χ0) is 15.3. The van der Waals surface area contributed by atoms with Gasteiger partial charge in [-0.3, -0.25) is 14.2 Å². The predicted molar refractivity (Wildman–Crippen MR) is 85.2 cm³/mol. The second-order valence-electron chi connectivity index (χ2n) is 5.48. The summed E-state index contributed by atoms with van der Waals surface area (Å²) in [5.74, 6) is -0.0184. The molecule has 106 valence electrons. The van der Waals surface area contributed by atoms with E-state index >= 15 is 0 Å². The number of hydrogen-bond acceptors (Lipinski definition) is 2. The second kappa shape index (κ2) is 4.55. The first kappa shape index (κ1) is 13.6. The van der Waals surface area contributed by atoms with Crippen molar-refractivity contribution in [2.24, 2.45) is 0 Å². The average molecular weight is 279 g/mol. The number of aromatic nitrogens is 1. The number of benzene rings is 2. The zero-order valence-electron chi connectivity index (χ0n) is 12.7. The van der Waals surface area contributed by atoms with Crippen LogP contribution in [0.4, 0.5) is 0 Å². The number of nitrogens with zero attached hydrogens (tertiary/aromatic N) is 1. The van der Waals surface area contributed by atoms with E-state index in [9.17, 15) is 9.59 Å². The van der Waals surface area contributed by atoms with Gasteiger partial charge in [-0.15, -0.1) is 0 Å². The molecule has 3 aromatic rings. The van der Waals surface area contributed by atoms with E-state index in [4.69, 9.17) is 0 Å².